The van der Waals surface area contributed by atoms with Gasteiger partial charge >= 0.3 is 0 Å². The minimum atomic E-state index is -0.0438. The van der Waals surface area contributed by atoms with E-state index in [9.17, 15) is 9.59 Å². The Morgan fingerprint density at radius 2 is 1.73 bits per heavy atom. The second-order valence-corrected chi connectivity index (χ2v) is 8.11. The molecule has 1 saturated heterocycles. The molecule has 1 aliphatic rings. The van der Waals surface area contributed by atoms with E-state index in [2.05, 4.69) is 12.2 Å². The number of carbonyl (C=O) groups is 2. The molecule has 30 heavy (non-hydrogen) atoms. The van der Waals surface area contributed by atoms with Gasteiger partial charge in [0.1, 0.15) is 5.75 Å². The maximum atomic E-state index is 12.5. The fourth-order valence-corrected chi connectivity index (χ4v) is 3.70. The van der Waals surface area contributed by atoms with Crippen LogP contribution in [-0.4, -0.2) is 42.5 Å². The van der Waals surface area contributed by atoms with Crippen molar-refractivity contribution in [1.29, 1.82) is 0 Å². The van der Waals surface area contributed by atoms with Crippen molar-refractivity contribution in [1.82, 2.24) is 10.2 Å². The summed E-state index contributed by atoms with van der Waals surface area (Å²) in [6.07, 6.45) is 3.68. The van der Waals surface area contributed by atoms with Gasteiger partial charge in [0.15, 0.2) is 6.61 Å². The zero-order chi connectivity index (χ0) is 21.5. The molecule has 0 bridgehead atoms. The highest BCUT2D eigenvalue weighted by Crippen LogP contribution is 2.16. The van der Waals surface area contributed by atoms with Gasteiger partial charge in [-0.25, -0.2) is 0 Å². The lowest BCUT2D eigenvalue weighted by atomic mass is 10.0. The van der Waals surface area contributed by atoms with Gasteiger partial charge in [0.25, 0.3) is 11.8 Å². The molecule has 1 N–H and O–H groups in total. The molecule has 3 rings (SSSR count). The van der Waals surface area contributed by atoms with Gasteiger partial charge in [-0.15, -0.1) is 0 Å². The number of amides is 2. The third kappa shape index (κ3) is 5.85. The third-order valence-electron chi connectivity index (χ3n) is 5.78. The number of nitrogens with one attached hydrogen (secondary N) is 1. The fourth-order valence-electron chi connectivity index (χ4n) is 3.70. The molecule has 0 saturated carbocycles. The minimum absolute atomic E-state index is 0.00780. The molecule has 0 unspecified atom stereocenters. The van der Waals surface area contributed by atoms with Crippen LogP contribution in [0.3, 0.4) is 0 Å². The van der Waals surface area contributed by atoms with Crippen molar-refractivity contribution < 1.29 is 14.3 Å². The van der Waals surface area contributed by atoms with E-state index in [1.54, 1.807) is 0 Å². The predicted octanol–water partition coefficient (Wildman–Crippen LogP) is 4.06. The van der Waals surface area contributed by atoms with Gasteiger partial charge in [-0.1, -0.05) is 31.5 Å². The number of ether oxygens (including phenoxy) is 1. The highest BCUT2D eigenvalue weighted by atomic mass is 16.5. The van der Waals surface area contributed by atoms with Crippen molar-refractivity contribution >= 4 is 11.8 Å². The van der Waals surface area contributed by atoms with Crippen molar-refractivity contribution in [2.75, 3.05) is 19.7 Å². The van der Waals surface area contributed by atoms with Crippen molar-refractivity contribution in [2.24, 2.45) is 0 Å². The number of benzene rings is 2. The molecular weight excluding hydrogens is 376 g/mol. The van der Waals surface area contributed by atoms with Crippen LogP contribution in [0, 0.1) is 13.8 Å². The van der Waals surface area contributed by atoms with E-state index in [-0.39, 0.29) is 24.5 Å². The molecule has 0 atom stereocenters. The molecule has 1 fully saturated rings. The summed E-state index contributed by atoms with van der Waals surface area (Å²) in [5.74, 6) is 0.669. The van der Waals surface area contributed by atoms with E-state index >= 15 is 0 Å². The fraction of sp³-hybridized carbons (Fsp3) is 0.440. The lowest BCUT2D eigenvalue weighted by Crippen LogP contribution is -2.47. The Labute approximate surface area is 179 Å². The summed E-state index contributed by atoms with van der Waals surface area (Å²) in [6, 6.07) is 13.8. The SMILES string of the molecule is CCCc1ccc(OCC(=O)N2CCC(NC(=O)c3ccc(C)c(C)c3)CC2)cc1. The summed E-state index contributed by atoms with van der Waals surface area (Å²) < 4.78 is 5.66. The van der Waals surface area contributed by atoms with Crippen LogP contribution in [0.25, 0.3) is 0 Å². The Bertz CT molecular complexity index is 868. The number of carbonyl (C=O) groups excluding carboxylic acids is 2. The molecule has 2 amide bonds. The molecule has 2 aromatic carbocycles. The van der Waals surface area contributed by atoms with Gasteiger partial charge in [0.2, 0.25) is 0 Å². The van der Waals surface area contributed by atoms with Crippen LogP contribution in [-0.2, 0) is 11.2 Å². The lowest BCUT2D eigenvalue weighted by Gasteiger charge is -2.32. The molecule has 0 aliphatic carbocycles. The Balaban J connectivity index is 1.42. The first-order valence-corrected chi connectivity index (χ1v) is 10.8. The average Bonchev–Trinajstić information content (AvgIpc) is 2.75. The molecule has 0 radical (unpaired) electrons. The smallest absolute Gasteiger partial charge is 0.260 e. The third-order valence-corrected chi connectivity index (χ3v) is 5.78. The number of rotatable bonds is 7. The zero-order valence-corrected chi connectivity index (χ0v) is 18.2. The van der Waals surface area contributed by atoms with Crippen molar-refractivity contribution in [3.05, 3.63) is 64.7 Å². The highest BCUT2D eigenvalue weighted by molar-refractivity contribution is 5.94. The Morgan fingerprint density at radius 1 is 1.03 bits per heavy atom. The van der Waals surface area contributed by atoms with Crippen LogP contribution in [0.5, 0.6) is 5.75 Å². The molecule has 5 nitrogen and oxygen atoms in total. The second kappa shape index (κ2) is 10.3. The van der Waals surface area contributed by atoms with Gasteiger partial charge in [0.05, 0.1) is 0 Å². The Hall–Kier alpha value is -2.82. The first-order valence-electron chi connectivity index (χ1n) is 10.8. The number of hydrogen-bond acceptors (Lipinski definition) is 3. The molecule has 5 heteroatoms. The number of hydrogen-bond donors (Lipinski definition) is 1. The summed E-state index contributed by atoms with van der Waals surface area (Å²) >= 11 is 0. The second-order valence-electron chi connectivity index (χ2n) is 8.11. The Morgan fingerprint density at radius 3 is 2.37 bits per heavy atom. The van der Waals surface area contributed by atoms with Gasteiger partial charge in [0, 0.05) is 24.7 Å². The maximum absolute atomic E-state index is 12.5. The van der Waals surface area contributed by atoms with Crippen LogP contribution in [0.4, 0.5) is 0 Å². The van der Waals surface area contributed by atoms with Crippen LogP contribution in [0.15, 0.2) is 42.5 Å². The molecule has 0 aromatic heterocycles. The van der Waals surface area contributed by atoms with Crippen molar-refractivity contribution in [3.63, 3.8) is 0 Å². The summed E-state index contributed by atoms with van der Waals surface area (Å²) in [5, 5.41) is 3.11. The summed E-state index contributed by atoms with van der Waals surface area (Å²) in [4.78, 5) is 26.8. The van der Waals surface area contributed by atoms with E-state index in [1.165, 1.54) is 11.1 Å². The largest absolute Gasteiger partial charge is 0.484 e. The Kier molecular flexibility index (Phi) is 7.50. The first kappa shape index (κ1) is 21.9. The van der Waals surface area contributed by atoms with E-state index in [0.29, 0.717) is 18.7 Å². The van der Waals surface area contributed by atoms with Gasteiger partial charge in [-0.3, -0.25) is 9.59 Å². The maximum Gasteiger partial charge on any atom is 0.260 e. The van der Waals surface area contributed by atoms with Crippen molar-refractivity contribution in [3.8, 4) is 5.75 Å². The van der Waals surface area contributed by atoms with Crippen LogP contribution in [0.2, 0.25) is 0 Å². The van der Waals surface area contributed by atoms with Gasteiger partial charge in [-0.05, 0) is 74.1 Å². The van der Waals surface area contributed by atoms with Crippen molar-refractivity contribution in [2.45, 2.75) is 52.5 Å². The quantitative estimate of drug-likeness (QED) is 0.752. The van der Waals surface area contributed by atoms with Crippen LogP contribution < -0.4 is 10.1 Å². The zero-order valence-electron chi connectivity index (χ0n) is 18.2. The lowest BCUT2D eigenvalue weighted by molar-refractivity contribution is -0.134. The average molecular weight is 409 g/mol. The predicted molar refractivity (Wildman–Crippen MR) is 119 cm³/mol. The number of likely N-dealkylation sites (tertiary alicyclic amines) is 1. The number of piperidine rings is 1. The molecule has 1 aliphatic heterocycles. The molecule has 160 valence electrons. The van der Waals surface area contributed by atoms with Crippen LogP contribution >= 0.6 is 0 Å². The molecular formula is C25H32N2O3. The molecule has 2 aromatic rings. The highest BCUT2D eigenvalue weighted by Gasteiger charge is 2.24. The topological polar surface area (TPSA) is 58.6 Å². The van der Waals surface area contributed by atoms with Gasteiger partial charge in [-0.2, -0.15) is 0 Å². The van der Waals surface area contributed by atoms with E-state index in [4.69, 9.17) is 4.74 Å². The normalized spacial score (nSPS) is 14.4. The summed E-state index contributed by atoms with van der Waals surface area (Å²) in [7, 11) is 0. The van der Waals surface area contributed by atoms with E-state index in [1.807, 2.05) is 61.2 Å². The van der Waals surface area contributed by atoms with Crippen LogP contribution in [0.1, 0.15) is 53.2 Å². The van der Waals surface area contributed by atoms with E-state index < -0.39 is 0 Å². The summed E-state index contributed by atoms with van der Waals surface area (Å²) in [6.45, 7) is 7.52. The standard InChI is InChI=1S/C25H32N2O3/c1-4-5-20-7-10-23(11-8-20)30-17-24(28)27-14-12-22(13-15-27)26-25(29)21-9-6-18(2)19(3)16-21/h6-11,16,22H,4-5,12-15,17H2,1-3H3,(H,26,29). The monoisotopic (exact) mass is 408 g/mol. The van der Waals surface area contributed by atoms with E-state index in [0.717, 1.165) is 37.0 Å². The number of aryl methyl sites for hydroxylation is 3. The minimum Gasteiger partial charge on any atom is -0.484 e. The summed E-state index contributed by atoms with van der Waals surface area (Å²) in [5.41, 5.74) is 4.26. The van der Waals surface area contributed by atoms with Gasteiger partial charge < -0.3 is 15.0 Å². The first-order chi connectivity index (χ1) is 14.5. The number of nitrogens with zero attached hydrogens (tertiary/aromatic N) is 1. The molecule has 1 heterocycles. The molecule has 0 spiro atoms.